The number of benzene rings is 7. The number of aromatic nitrogens is 2. The lowest BCUT2D eigenvalue weighted by atomic mass is 10.0. The Kier molecular flexibility index (Phi) is 6.39. The molecule has 0 spiro atoms. The van der Waals surface area contributed by atoms with Crippen molar-refractivity contribution in [3.8, 4) is 16.9 Å². The van der Waals surface area contributed by atoms with Gasteiger partial charge in [0.05, 0.1) is 11.0 Å². The van der Waals surface area contributed by atoms with Crippen LogP contribution in [-0.2, 0) is 0 Å². The van der Waals surface area contributed by atoms with Gasteiger partial charge in [-0.15, -0.1) is 11.3 Å². The van der Waals surface area contributed by atoms with Gasteiger partial charge in [0, 0.05) is 65.0 Å². The molecule has 4 nitrogen and oxygen atoms in total. The van der Waals surface area contributed by atoms with E-state index in [0.29, 0.717) is 0 Å². The molecule has 5 heteroatoms. The molecule has 52 heavy (non-hydrogen) atoms. The van der Waals surface area contributed by atoms with Crippen LogP contribution in [0.3, 0.4) is 0 Å². The van der Waals surface area contributed by atoms with Crippen LogP contribution in [0.15, 0.2) is 180 Å². The molecule has 11 rings (SSSR count). The van der Waals surface area contributed by atoms with Crippen LogP contribution in [0.1, 0.15) is 0 Å². The summed E-state index contributed by atoms with van der Waals surface area (Å²) < 4.78 is 11.1. The molecule has 4 aromatic heterocycles. The second kappa shape index (κ2) is 11.4. The topological polar surface area (TPSA) is 34.2 Å². The summed E-state index contributed by atoms with van der Waals surface area (Å²) in [6, 6.07) is 60.7. The Balaban J connectivity index is 1.07. The molecule has 0 saturated heterocycles. The number of pyridine rings is 1. The minimum absolute atomic E-state index is 0.887. The Hall–Kier alpha value is -6.69. The molecule has 4 heterocycles. The molecular weight excluding hydrogens is 655 g/mol. The van der Waals surface area contributed by atoms with Crippen LogP contribution >= 0.6 is 11.3 Å². The van der Waals surface area contributed by atoms with Gasteiger partial charge in [-0.25, -0.2) is 4.98 Å². The highest BCUT2D eigenvalue weighted by Gasteiger charge is 2.18. The molecule has 0 aliphatic rings. The summed E-state index contributed by atoms with van der Waals surface area (Å²) in [5, 5.41) is 7.21. The van der Waals surface area contributed by atoms with Gasteiger partial charge in [0.2, 0.25) is 0 Å². The first-order valence-electron chi connectivity index (χ1n) is 17.4. The number of anilines is 3. The number of fused-ring (bicyclic) bond motifs is 9. The largest absolute Gasteiger partial charge is 0.456 e. The van der Waals surface area contributed by atoms with Gasteiger partial charge in [0.15, 0.2) is 0 Å². The number of hydrogen-bond donors (Lipinski definition) is 0. The van der Waals surface area contributed by atoms with Gasteiger partial charge in [-0.05, 0) is 96.1 Å². The molecule has 0 radical (unpaired) electrons. The average Bonchev–Trinajstić information content (AvgIpc) is 3.87. The van der Waals surface area contributed by atoms with E-state index in [1.54, 1.807) is 0 Å². The molecule has 0 bridgehead atoms. The maximum Gasteiger partial charge on any atom is 0.137 e. The van der Waals surface area contributed by atoms with Crippen molar-refractivity contribution in [1.82, 2.24) is 9.55 Å². The third kappa shape index (κ3) is 4.50. The van der Waals surface area contributed by atoms with E-state index in [1.807, 2.05) is 41.8 Å². The van der Waals surface area contributed by atoms with Crippen molar-refractivity contribution in [1.29, 1.82) is 0 Å². The fourth-order valence-corrected chi connectivity index (χ4v) is 8.93. The van der Waals surface area contributed by atoms with Crippen LogP contribution < -0.4 is 4.90 Å². The Labute approximate surface area is 303 Å². The Morgan fingerprint density at radius 3 is 1.96 bits per heavy atom. The molecular formula is C47H29N3OS. The average molecular weight is 684 g/mol. The second-order valence-corrected chi connectivity index (χ2v) is 14.3. The summed E-state index contributed by atoms with van der Waals surface area (Å²) in [4.78, 5) is 7.09. The standard InChI is InChI=1S/C47H29N3OS/c1-4-12-41-35(9-1)36-23-18-31(27-42(36)50(41)47-15-7-8-26-48-47)30-16-19-32(20-17-30)49(33-21-24-44-39(28-33)37-10-2-5-13-43(37)51-44)34-22-25-46-40(29-34)38-11-3-6-14-45(38)52-46/h1-29H. The first kappa shape index (κ1) is 29.1. The highest BCUT2D eigenvalue weighted by Crippen LogP contribution is 2.43. The fourth-order valence-electron chi connectivity index (χ4n) is 7.84. The maximum atomic E-state index is 6.22. The number of furan rings is 1. The van der Waals surface area contributed by atoms with Gasteiger partial charge in [0.25, 0.3) is 0 Å². The van der Waals surface area contributed by atoms with Gasteiger partial charge in [-0.2, -0.15) is 0 Å². The number of nitrogens with zero attached hydrogens (tertiary/aromatic N) is 3. The van der Waals surface area contributed by atoms with Crippen molar-refractivity contribution in [3.63, 3.8) is 0 Å². The lowest BCUT2D eigenvalue weighted by Crippen LogP contribution is -2.09. The summed E-state index contributed by atoms with van der Waals surface area (Å²) in [6.45, 7) is 0. The molecule has 244 valence electrons. The molecule has 0 fully saturated rings. The van der Waals surface area contributed by atoms with Crippen molar-refractivity contribution in [2.75, 3.05) is 4.90 Å². The van der Waals surface area contributed by atoms with Gasteiger partial charge < -0.3 is 9.32 Å². The van der Waals surface area contributed by atoms with E-state index >= 15 is 0 Å². The number of rotatable bonds is 5. The van der Waals surface area contributed by atoms with Crippen LogP contribution in [0, 0.1) is 0 Å². The first-order chi connectivity index (χ1) is 25.8. The van der Waals surface area contributed by atoms with E-state index in [2.05, 4.69) is 155 Å². The summed E-state index contributed by atoms with van der Waals surface area (Å²) in [5.41, 5.74) is 9.65. The van der Waals surface area contributed by atoms with E-state index in [4.69, 9.17) is 9.40 Å². The highest BCUT2D eigenvalue weighted by atomic mass is 32.1. The van der Waals surface area contributed by atoms with Crippen LogP contribution in [0.5, 0.6) is 0 Å². The molecule has 0 N–H and O–H groups in total. The molecule has 7 aromatic carbocycles. The minimum atomic E-state index is 0.887. The van der Waals surface area contributed by atoms with Crippen molar-refractivity contribution in [2.45, 2.75) is 0 Å². The van der Waals surface area contributed by atoms with E-state index in [9.17, 15) is 0 Å². The summed E-state index contributed by atoms with van der Waals surface area (Å²) >= 11 is 1.84. The van der Waals surface area contributed by atoms with Gasteiger partial charge in [0.1, 0.15) is 17.0 Å². The molecule has 0 unspecified atom stereocenters. The predicted molar refractivity (Wildman–Crippen MR) is 219 cm³/mol. The lowest BCUT2D eigenvalue weighted by molar-refractivity contribution is 0.669. The SMILES string of the molecule is c1ccc(-n2c3ccccc3c3ccc(-c4ccc(N(c5ccc6oc7ccccc7c6c5)c5ccc6sc7ccccc7c6c5)cc4)cc32)nc1. The van der Waals surface area contributed by atoms with E-state index in [0.717, 1.165) is 67.0 Å². The molecule has 0 saturated carbocycles. The summed E-state index contributed by atoms with van der Waals surface area (Å²) in [6.07, 6.45) is 1.86. The van der Waals surface area contributed by atoms with Crippen molar-refractivity contribution < 1.29 is 4.42 Å². The Morgan fingerprint density at radius 1 is 0.442 bits per heavy atom. The normalized spacial score (nSPS) is 11.8. The third-order valence-corrected chi connectivity index (χ3v) is 11.4. The van der Waals surface area contributed by atoms with Crippen molar-refractivity contribution in [2.24, 2.45) is 0 Å². The summed E-state index contributed by atoms with van der Waals surface area (Å²) in [5.74, 6) is 0.912. The highest BCUT2D eigenvalue weighted by molar-refractivity contribution is 7.25. The van der Waals surface area contributed by atoms with E-state index < -0.39 is 0 Å². The third-order valence-electron chi connectivity index (χ3n) is 10.2. The smallest absolute Gasteiger partial charge is 0.137 e. The predicted octanol–water partition coefficient (Wildman–Crippen LogP) is 13.6. The molecule has 0 aliphatic heterocycles. The van der Waals surface area contributed by atoms with Crippen molar-refractivity contribution >= 4 is 92.3 Å². The Morgan fingerprint density at radius 2 is 1.10 bits per heavy atom. The van der Waals surface area contributed by atoms with Crippen LogP contribution in [0.2, 0.25) is 0 Å². The second-order valence-electron chi connectivity index (χ2n) is 13.2. The summed E-state index contributed by atoms with van der Waals surface area (Å²) in [7, 11) is 0. The quantitative estimate of drug-likeness (QED) is 0.181. The monoisotopic (exact) mass is 683 g/mol. The lowest BCUT2D eigenvalue weighted by Gasteiger charge is -2.26. The van der Waals surface area contributed by atoms with Crippen LogP contribution in [0.4, 0.5) is 17.1 Å². The van der Waals surface area contributed by atoms with Crippen LogP contribution in [0.25, 0.3) is 80.9 Å². The number of thiophene rings is 1. The minimum Gasteiger partial charge on any atom is -0.456 e. The number of para-hydroxylation sites is 2. The molecule has 11 aromatic rings. The zero-order valence-electron chi connectivity index (χ0n) is 27.9. The van der Waals surface area contributed by atoms with Crippen LogP contribution in [-0.4, -0.2) is 9.55 Å². The van der Waals surface area contributed by atoms with Gasteiger partial charge >= 0.3 is 0 Å². The van der Waals surface area contributed by atoms with E-state index in [1.165, 1.54) is 30.9 Å². The molecule has 0 amide bonds. The van der Waals surface area contributed by atoms with Gasteiger partial charge in [-0.1, -0.05) is 84.9 Å². The fraction of sp³-hybridized carbons (Fsp3) is 0. The van der Waals surface area contributed by atoms with Crippen molar-refractivity contribution in [3.05, 3.63) is 176 Å². The number of hydrogen-bond acceptors (Lipinski definition) is 4. The van der Waals surface area contributed by atoms with Gasteiger partial charge in [-0.3, -0.25) is 4.57 Å². The zero-order chi connectivity index (χ0) is 34.2. The zero-order valence-corrected chi connectivity index (χ0v) is 28.7. The Bertz CT molecular complexity index is 3020. The molecule has 0 atom stereocenters. The van der Waals surface area contributed by atoms with E-state index in [-0.39, 0.29) is 0 Å². The first-order valence-corrected chi connectivity index (χ1v) is 18.3. The molecule has 0 aliphatic carbocycles. The maximum absolute atomic E-state index is 6.22.